The molecule has 5 aliphatic heterocycles. The smallest absolute Gasteiger partial charge is 0.119 e. The number of halogens is 1. The fourth-order valence-corrected chi connectivity index (χ4v) is 8.42. The Labute approximate surface area is 294 Å². The summed E-state index contributed by atoms with van der Waals surface area (Å²) in [6.07, 6.45) is 0. The Hall–Kier alpha value is -3.90. The fraction of sp³-hybridized carbons (Fsp3) is 0.143. The summed E-state index contributed by atoms with van der Waals surface area (Å²) in [7, 11) is 0. The van der Waals surface area contributed by atoms with E-state index in [-0.39, 0.29) is 0 Å². The number of benzene rings is 6. The Morgan fingerprint density at radius 1 is 0.404 bits per heavy atom. The van der Waals surface area contributed by atoms with Gasteiger partial charge in [-0.15, -0.1) is 0 Å². The van der Waals surface area contributed by atoms with Crippen molar-refractivity contribution in [2.75, 3.05) is 0 Å². The number of thioether (sulfide) groups is 2. The van der Waals surface area contributed by atoms with Crippen molar-refractivity contribution < 1.29 is 9.47 Å². The Balaban J connectivity index is 1.11. The minimum atomic E-state index is 0.533. The third-order valence-corrected chi connectivity index (χ3v) is 11.3. The molecule has 0 spiro atoms. The molecule has 0 atom stereocenters. The third-order valence-electron chi connectivity index (χ3n) is 8.36. The zero-order valence-electron chi connectivity index (χ0n) is 26.0. The van der Waals surface area contributed by atoms with Gasteiger partial charge in [-0.3, -0.25) is 0 Å². The Kier molecular flexibility index (Phi) is 10.3. The van der Waals surface area contributed by atoms with E-state index >= 15 is 0 Å². The van der Waals surface area contributed by atoms with Crippen LogP contribution >= 0.6 is 39.5 Å². The normalized spacial score (nSPS) is 13.7. The highest BCUT2D eigenvalue weighted by atomic mass is 79.9. The molecule has 0 amide bonds. The zero-order valence-corrected chi connectivity index (χ0v) is 29.3. The average Bonchev–Trinajstić information content (AvgIpc) is 3.12. The van der Waals surface area contributed by atoms with E-state index in [1.807, 2.05) is 23.5 Å². The summed E-state index contributed by atoms with van der Waals surface area (Å²) in [5, 5.41) is 0. The second-order valence-corrected chi connectivity index (χ2v) is 14.4. The molecule has 2 nitrogen and oxygen atoms in total. The molecule has 47 heavy (non-hydrogen) atoms. The van der Waals surface area contributed by atoms with E-state index in [2.05, 4.69) is 155 Å². The van der Waals surface area contributed by atoms with Crippen molar-refractivity contribution in [1.29, 1.82) is 0 Å². The van der Waals surface area contributed by atoms with Crippen molar-refractivity contribution in [2.24, 2.45) is 0 Å². The maximum atomic E-state index is 6.15. The van der Waals surface area contributed by atoms with Crippen LogP contribution in [0.4, 0.5) is 0 Å². The summed E-state index contributed by atoms with van der Waals surface area (Å²) in [6, 6.07) is 49.7. The van der Waals surface area contributed by atoms with Crippen LogP contribution in [0.2, 0.25) is 0 Å². The van der Waals surface area contributed by atoms with Crippen LogP contribution in [0, 0.1) is 0 Å². The van der Waals surface area contributed by atoms with Crippen LogP contribution in [-0.4, -0.2) is 0 Å². The van der Waals surface area contributed by atoms with Gasteiger partial charge in [0.05, 0.1) is 0 Å². The fourth-order valence-electron chi connectivity index (χ4n) is 5.63. The minimum Gasteiger partial charge on any atom is -0.489 e. The number of hydrogen-bond acceptors (Lipinski definition) is 4. The Bertz CT molecular complexity index is 1780. The number of fused-ring (bicyclic) bond motifs is 4. The molecule has 0 fully saturated rings. The van der Waals surface area contributed by atoms with Crippen molar-refractivity contribution in [3.63, 3.8) is 0 Å². The van der Waals surface area contributed by atoms with Crippen LogP contribution in [0.15, 0.2) is 144 Å². The van der Waals surface area contributed by atoms with Crippen LogP contribution in [0.25, 0.3) is 22.3 Å². The van der Waals surface area contributed by atoms with E-state index < -0.39 is 0 Å². The van der Waals surface area contributed by atoms with Crippen LogP contribution in [-0.2, 0) is 36.2 Å². The van der Waals surface area contributed by atoms with Crippen molar-refractivity contribution in [1.82, 2.24) is 0 Å². The Morgan fingerprint density at radius 2 is 0.809 bits per heavy atom. The monoisotopic (exact) mass is 714 g/mol. The highest BCUT2D eigenvalue weighted by molar-refractivity contribution is 9.10. The molecule has 234 valence electrons. The van der Waals surface area contributed by atoms with Gasteiger partial charge in [0.25, 0.3) is 0 Å². The van der Waals surface area contributed by atoms with E-state index in [1.165, 1.54) is 22.3 Å². The Morgan fingerprint density at radius 3 is 1.23 bits per heavy atom. The van der Waals surface area contributed by atoms with Crippen LogP contribution in [0.5, 0.6) is 11.5 Å². The maximum Gasteiger partial charge on any atom is 0.119 e. The molecule has 10 bridgehead atoms. The first-order valence-electron chi connectivity index (χ1n) is 15.8. The predicted octanol–water partition coefficient (Wildman–Crippen LogP) is 12.1. The lowest BCUT2D eigenvalue weighted by molar-refractivity contribution is 0.306. The standard InChI is InChI=1S/C42H35BrO2S2/c43-42-40-6-3-7-41(42)35-18-10-31(11-19-35)25-45-39-22-14-33(15-23-39)27-47-29-37-5-2-1-4-36(37)28-46-26-32-12-20-38(21-13-32)44-24-30-8-16-34(40)17-9-30/h1-23H,24-29H2. The van der Waals surface area contributed by atoms with Gasteiger partial charge < -0.3 is 9.47 Å². The summed E-state index contributed by atoms with van der Waals surface area (Å²) < 4.78 is 13.4. The molecule has 5 heterocycles. The molecule has 6 aromatic carbocycles. The van der Waals surface area contributed by atoms with Gasteiger partial charge in [-0.05, 0) is 95.8 Å². The molecular formula is C42H35BrO2S2. The highest BCUT2D eigenvalue weighted by Gasteiger charge is 2.11. The number of hydrogen-bond donors (Lipinski definition) is 0. The molecule has 0 N–H and O–H groups in total. The summed E-state index contributed by atoms with van der Waals surface area (Å²) in [4.78, 5) is 0. The van der Waals surface area contributed by atoms with Crippen molar-refractivity contribution in [3.8, 4) is 33.8 Å². The van der Waals surface area contributed by atoms with Gasteiger partial charge in [-0.1, -0.05) is 115 Å². The molecular weight excluding hydrogens is 680 g/mol. The van der Waals surface area contributed by atoms with Crippen LogP contribution < -0.4 is 9.47 Å². The summed E-state index contributed by atoms with van der Waals surface area (Å²) in [5.74, 6) is 5.73. The second-order valence-electron chi connectivity index (χ2n) is 11.7. The average molecular weight is 716 g/mol. The SMILES string of the molecule is Brc1c2cccc1-c1ccc(cc1)COc1ccc(cc1)CSCc1ccccc1CSCc1ccc(cc1)OCc1ccc-2cc1. The van der Waals surface area contributed by atoms with Gasteiger partial charge in [-0.2, -0.15) is 23.5 Å². The molecule has 0 radical (unpaired) electrons. The van der Waals surface area contributed by atoms with E-state index in [0.29, 0.717) is 13.2 Å². The quantitative estimate of drug-likeness (QED) is 0.156. The van der Waals surface area contributed by atoms with Crippen molar-refractivity contribution >= 4 is 39.5 Å². The first-order valence-corrected chi connectivity index (χ1v) is 18.9. The summed E-state index contributed by atoms with van der Waals surface area (Å²) in [6.45, 7) is 1.07. The van der Waals surface area contributed by atoms with Crippen LogP contribution in [0.3, 0.4) is 0 Å². The lowest BCUT2D eigenvalue weighted by atomic mass is 9.98. The maximum absolute atomic E-state index is 6.15. The zero-order chi connectivity index (χ0) is 31.8. The van der Waals surface area contributed by atoms with Gasteiger partial charge >= 0.3 is 0 Å². The molecule has 0 aromatic heterocycles. The second kappa shape index (κ2) is 15.3. The van der Waals surface area contributed by atoms with E-state index in [4.69, 9.17) is 9.47 Å². The third kappa shape index (κ3) is 8.16. The van der Waals surface area contributed by atoms with Gasteiger partial charge in [0.1, 0.15) is 24.7 Å². The molecule has 11 rings (SSSR count). The number of ether oxygens (including phenoxy) is 2. The van der Waals surface area contributed by atoms with Gasteiger partial charge in [0, 0.05) is 27.5 Å². The largest absolute Gasteiger partial charge is 0.489 e. The lowest BCUT2D eigenvalue weighted by Crippen LogP contribution is -1.96. The number of rotatable bonds is 0. The molecule has 5 heteroatoms. The van der Waals surface area contributed by atoms with Gasteiger partial charge in [0.2, 0.25) is 0 Å². The molecule has 0 aliphatic carbocycles. The van der Waals surface area contributed by atoms with Crippen molar-refractivity contribution in [2.45, 2.75) is 36.2 Å². The highest BCUT2D eigenvalue weighted by Crippen LogP contribution is 2.37. The van der Waals surface area contributed by atoms with Crippen molar-refractivity contribution in [3.05, 3.63) is 177 Å². The summed E-state index contributed by atoms with van der Waals surface area (Å²) in [5.41, 5.74) is 12.4. The molecule has 0 saturated carbocycles. The summed E-state index contributed by atoms with van der Waals surface area (Å²) >= 11 is 7.84. The molecule has 0 saturated heterocycles. The molecule has 0 unspecified atom stereocenters. The first-order chi connectivity index (χ1) is 23.2. The predicted molar refractivity (Wildman–Crippen MR) is 203 cm³/mol. The molecule has 6 aromatic rings. The van der Waals surface area contributed by atoms with E-state index in [9.17, 15) is 0 Å². The van der Waals surface area contributed by atoms with E-state index in [1.54, 1.807) is 0 Å². The lowest BCUT2D eigenvalue weighted by Gasteiger charge is -2.13. The van der Waals surface area contributed by atoms with Gasteiger partial charge in [0.15, 0.2) is 0 Å². The topological polar surface area (TPSA) is 18.5 Å². The molecule has 5 aliphatic rings. The van der Waals surface area contributed by atoms with Crippen LogP contribution in [0.1, 0.15) is 33.4 Å². The van der Waals surface area contributed by atoms with E-state index in [0.717, 1.165) is 72.4 Å². The first kappa shape index (κ1) is 31.7. The van der Waals surface area contributed by atoms with Gasteiger partial charge in [-0.25, -0.2) is 0 Å². The minimum absolute atomic E-state index is 0.533.